The molecule has 0 amide bonds. The van der Waals surface area contributed by atoms with Gasteiger partial charge in [0.25, 0.3) is 7.41 Å². The van der Waals surface area contributed by atoms with E-state index in [0.717, 1.165) is 0 Å². The minimum Gasteiger partial charge on any atom is -0.360 e. The maximum absolute atomic E-state index is 3.72. The molecule has 0 N–H and O–H groups in total. The van der Waals surface area contributed by atoms with E-state index in [1.54, 1.807) is 13.6 Å². The molecule has 0 atom stereocenters. The summed E-state index contributed by atoms with van der Waals surface area (Å²) in [4.78, 5) is 3.72. The fraction of sp³-hybridized carbons (Fsp3) is 0.667. The van der Waals surface area contributed by atoms with Crippen LogP contribution in [0, 0.1) is 0 Å². The molecule has 0 saturated carbocycles. The molecule has 0 unspecified atom stereocenters. The molecule has 1 nitrogen and oxygen atoms in total. The lowest BCUT2D eigenvalue weighted by atomic mass is 10.0. The second-order valence-electron chi connectivity index (χ2n) is 0.665. The van der Waals surface area contributed by atoms with Crippen LogP contribution in [0.25, 0.3) is 0 Å². The van der Waals surface area contributed by atoms with Gasteiger partial charge in [0.2, 0.25) is 0 Å². The quantitative estimate of drug-likeness (QED) is 0.317. The van der Waals surface area contributed by atoms with Gasteiger partial charge in [0.05, 0.1) is 0 Å². The molecule has 0 aromatic rings. The van der Waals surface area contributed by atoms with Gasteiger partial charge in [0, 0.05) is 0 Å². The van der Waals surface area contributed by atoms with Crippen molar-refractivity contribution in [2.45, 2.75) is 13.7 Å². The van der Waals surface area contributed by atoms with E-state index >= 15 is 0 Å². The number of nitrogens with zero attached hydrogens (tertiary/aromatic N) is 1. The van der Waals surface area contributed by atoms with Crippen molar-refractivity contribution in [3.8, 4) is 0 Å². The fourth-order valence-electron chi connectivity index (χ4n) is 0.149. The molecule has 0 bridgehead atoms. The van der Waals surface area contributed by atoms with E-state index in [-0.39, 0.29) is 0 Å². The smallest absolute Gasteiger partial charge is 0.270 e. The van der Waals surface area contributed by atoms with Crippen molar-refractivity contribution in [2.75, 3.05) is 0 Å². The molecule has 2 heteroatoms. The van der Waals surface area contributed by atoms with Crippen molar-refractivity contribution >= 4 is 13.6 Å². The molecule has 0 heterocycles. The van der Waals surface area contributed by atoms with Gasteiger partial charge in [0.15, 0.2) is 0 Å². The molecule has 0 fully saturated rings. The van der Waals surface area contributed by atoms with E-state index in [9.17, 15) is 0 Å². The summed E-state index contributed by atoms with van der Waals surface area (Å²) in [5.74, 6) is 0. The van der Waals surface area contributed by atoms with Crippen molar-refractivity contribution < 1.29 is 0 Å². The molecular formula is C3H7BN. The van der Waals surface area contributed by atoms with Crippen LogP contribution in [0.3, 0.4) is 0 Å². The molecule has 27 valence electrons. The summed E-state index contributed by atoms with van der Waals surface area (Å²) in [7, 11) is 1.75. The minimum atomic E-state index is 1.75. The molecule has 0 aliphatic carbocycles. The molecule has 0 spiro atoms. The third kappa shape index (κ3) is 3.73. The average Bonchev–Trinajstić information content (AvgIpc) is 1.41. The van der Waals surface area contributed by atoms with Gasteiger partial charge < -0.3 is 4.90 Å². The van der Waals surface area contributed by atoms with Gasteiger partial charge in [-0.05, 0) is 13.1 Å². The Morgan fingerprint density at radius 1 is 1.80 bits per heavy atom. The van der Waals surface area contributed by atoms with Crippen LogP contribution >= 0.6 is 0 Å². The van der Waals surface area contributed by atoms with Crippen molar-refractivity contribution in [1.82, 2.24) is 0 Å². The summed E-state index contributed by atoms with van der Waals surface area (Å²) in [5.41, 5.74) is 0. The number of hydrogen-bond acceptors (Lipinski definition) is 1. The van der Waals surface area contributed by atoms with Gasteiger partial charge in [-0.1, -0.05) is 6.82 Å². The summed E-state index contributed by atoms with van der Waals surface area (Å²) in [6, 6.07) is 0. The SMILES string of the molecule is C[B]N=CC. The highest BCUT2D eigenvalue weighted by Crippen LogP contribution is 1.53. The lowest BCUT2D eigenvalue weighted by Crippen LogP contribution is -1.68. The minimum absolute atomic E-state index is 1.75. The third-order valence-electron chi connectivity index (χ3n) is 0.298. The maximum atomic E-state index is 3.72. The lowest BCUT2D eigenvalue weighted by Gasteiger charge is -1.64. The standard InChI is InChI=1S/C3H7BN/c1-3-5-4-2/h3H,1-2H3. The summed E-state index contributed by atoms with van der Waals surface area (Å²) < 4.78 is 0. The molecule has 0 aliphatic rings. The van der Waals surface area contributed by atoms with E-state index in [1.165, 1.54) is 0 Å². The highest BCUT2D eigenvalue weighted by molar-refractivity contribution is 6.32. The highest BCUT2D eigenvalue weighted by atomic mass is 14.5. The topological polar surface area (TPSA) is 12.4 Å². The normalized spacial score (nSPS) is 9.20. The second-order valence-corrected chi connectivity index (χ2v) is 0.665. The van der Waals surface area contributed by atoms with E-state index in [4.69, 9.17) is 0 Å². The van der Waals surface area contributed by atoms with Crippen LogP contribution in [-0.2, 0) is 0 Å². The van der Waals surface area contributed by atoms with Crippen molar-refractivity contribution in [3.63, 3.8) is 0 Å². The first-order chi connectivity index (χ1) is 2.41. The average molecular weight is 67.9 g/mol. The Labute approximate surface area is 33.4 Å². The van der Waals surface area contributed by atoms with Crippen molar-refractivity contribution in [3.05, 3.63) is 0 Å². The first-order valence-corrected chi connectivity index (χ1v) is 1.67. The van der Waals surface area contributed by atoms with E-state index < -0.39 is 0 Å². The maximum Gasteiger partial charge on any atom is 0.270 e. The monoisotopic (exact) mass is 68.1 g/mol. The van der Waals surface area contributed by atoms with Crippen LogP contribution in [0.15, 0.2) is 4.90 Å². The summed E-state index contributed by atoms with van der Waals surface area (Å²) >= 11 is 0. The lowest BCUT2D eigenvalue weighted by molar-refractivity contribution is 1.80. The number of rotatable bonds is 1. The zero-order valence-electron chi connectivity index (χ0n) is 3.60. The van der Waals surface area contributed by atoms with E-state index in [1.807, 2.05) is 13.7 Å². The predicted octanol–water partition coefficient (Wildman–Crippen LogP) is 0.744. The first kappa shape index (κ1) is 4.73. The summed E-state index contributed by atoms with van der Waals surface area (Å²) in [5, 5.41) is 0. The zero-order chi connectivity index (χ0) is 4.12. The molecule has 1 radical (unpaired) electrons. The molecule has 0 aromatic carbocycles. The Hall–Kier alpha value is -0.265. The first-order valence-electron chi connectivity index (χ1n) is 1.67. The largest absolute Gasteiger partial charge is 0.360 e. The predicted molar refractivity (Wildman–Crippen MR) is 25.8 cm³/mol. The summed E-state index contributed by atoms with van der Waals surface area (Å²) in [6.07, 6.45) is 1.75. The Kier molecular flexibility index (Phi) is 3.54. The molecule has 0 aliphatic heterocycles. The zero-order valence-corrected chi connectivity index (χ0v) is 3.60. The van der Waals surface area contributed by atoms with E-state index in [0.29, 0.717) is 0 Å². The van der Waals surface area contributed by atoms with Crippen LogP contribution in [0.5, 0.6) is 0 Å². The highest BCUT2D eigenvalue weighted by Gasteiger charge is 1.58. The van der Waals surface area contributed by atoms with Gasteiger partial charge in [-0.25, -0.2) is 0 Å². The Morgan fingerprint density at radius 3 is 2.40 bits per heavy atom. The van der Waals surface area contributed by atoms with E-state index in [2.05, 4.69) is 4.90 Å². The Balaban J connectivity index is 2.62. The van der Waals surface area contributed by atoms with Crippen LogP contribution in [0.1, 0.15) is 6.92 Å². The molecular weight excluding hydrogens is 60.9 g/mol. The molecule has 0 aromatic heterocycles. The number of hydrogen-bond donors (Lipinski definition) is 0. The molecule has 5 heavy (non-hydrogen) atoms. The van der Waals surface area contributed by atoms with Gasteiger partial charge in [-0.2, -0.15) is 0 Å². The van der Waals surface area contributed by atoms with Gasteiger partial charge in [-0.3, -0.25) is 0 Å². The van der Waals surface area contributed by atoms with Crippen LogP contribution in [-0.4, -0.2) is 13.6 Å². The van der Waals surface area contributed by atoms with Crippen molar-refractivity contribution in [2.24, 2.45) is 4.90 Å². The summed E-state index contributed by atoms with van der Waals surface area (Å²) in [6.45, 7) is 3.78. The molecule has 0 rings (SSSR count). The third-order valence-corrected chi connectivity index (χ3v) is 0.298. The van der Waals surface area contributed by atoms with Crippen LogP contribution in [0.4, 0.5) is 0 Å². The van der Waals surface area contributed by atoms with Gasteiger partial charge >= 0.3 is 0 Å². The van der Waals surface area contributed by atoms with Gasteiger partial charge in [0.1, 0.15) is 0 Å². The van der Waals surface area contributed by atoms with Crippen LogP contribution in [0.2, 0.25) is 6.82 Å². The van der Waals surface area contributed by atoms with Crippen molar-refractivity contribution in [1.29, 1.82) is 0 Å². The van der Waals surface area contributed by atoms with Crippen LogP contribution < -0.4 is 0 Å². The van der Waals surface area contributed by atoms with Gasteiger partial charge in [-0.15, -0.1) is 0 Å². The Morgan fingerprint density at radius 2 is 2.40 bits per heavy atom. The molecule has 0 saturated heterocycles. The Bertz CT molecular complexity index is 33.9. The second kappa shape index (κ2) is 3.73. The fourth-order valence-corrected chi connectivity index (χ4v) is 0.149.